The Bertz CT molecular complexity index is 849. The zero-order valence-electron chi connectivity index (χ0n) is 14.1. The van der Waals surface area contributed by atoms with Crippen molar-refractivity contribution in [2.45, 2.75) is 19.3 Å². The fourth-order valence-electron chi connectivity index (χ4n) is 2.83. The van der Waals surface area contributed by atoms with E-state index in [9.17, 15) is 8.78 Å². The minimum Gasteiger partial charge on any atom is -0.204 e. The highest BCUT2D eigenvalue weighted by Crippen LogP contribution is 2.21. The summed E-state index contributed by atoms with van der Waals surface area (Å²) in [5, 5.41) is 0. The van der Waals surface area contributed by atoms with Gasteiger partial charge in [0, 0.05) is 0 Å². The van der Waals surface area contributed by atoms with Gasteiger partial charge in [-0.2, -0.15) is 0 Å². The molecule has 0 aliphatic carbocycles. The second kappa shape index (κ2) is 7.89. The van der Waals surface area contributed by atoms with Gasteiger partial charge in [-0.3, -0.25) is 0 Å². The summed E-state index contributed by atoms with van der Waals surface area (Å²) in [5.41, 5.74) is 4.28. The van der Waals surface area contributed by atoms with E-state index in [0.717, 1.165) is 18.1 Å². The molecule has 0 saturated carbocycles. The summed E-state index contributed by atoms with van der Waals surface area (Å²) in [6.07, 6.45) is 4.67. The van der Waals surface area contributed by atoms with Gasteiger partial charge < -0.3 is 0 Å². The standard InChI is InChI=1S/C23H20F2/c1-17(21-5-3-2-4-6-21)15-19-10-7-18(8-11-19)9-12-20-13-14-22(24)23(25)16-20/h2-14,16-17H,15H2,1H3/b12-9+/t17-/m1/s1. The van der Waals surface area contributed by atoms with E-state index >= 15 is 0 Å². The van der Waals surface area contributed by atoms with Crippen molar-refractivity contribution >= 4 is 12.2 Å². The number of rotatable bonds is 5. The van der Waals surface area contributed by atoms with E-state index < -0.39 is 11.6 Å². The molecule has 0 aliphatic rings. The van der Waals surface area contributed by atoms with Crippen molar-refractivity contribution in [1.29, 1.82) is 0 Å². The van der Waals surface area contributed by atoms with Crippen LogP contribution in [0.3, 0.4) is 0 Å². The maximum Gasteiger partial charge on any atom is 0.159 e. The SMILES string of the molecule is C[C@H](Cc1ccc(/C=C/c2ccc(F)c(F)c2)cc1)c1ccccc1. The molecule has 0 spiro atoms. The lowest BCUT2D eigenvalue weighted by Crippen LogP contribution is -1.98. The maximum absolute atomic E-state index is 13.2. The normalized spacial score (nSPS) is 12.4. The van der Waals surface area contributed by atoms with E-state index in [0.29, 0.717) is 11.5 Å². The van der Waals surface area contributed by atoms with Crippen molar-refractivity contribution in [1.82, 2.24) is 0 Å². The summed E-state index contributed by atoms with van der Waals surface area (Å²) in [5.74, 6) is -1.19. The van der Waals surface area contributed by atoms with Crippen LogP contribution >= 0.6 is 0 Å². The topological polar surface area (TPSA) is 0 Å². The average Bonchev–Trinajstić information content (AvgIpc) is 2.64. The third-order valence-electron chi connectivity index (χ3n) is 4.30. The molecule has 0 unspecified atom stereocenters. The van der Waals surface area contributed by atoms with Gasteiger partial charge in [-0.25, -0.2) is 8.78 Å². The van der Waals surface area contributed by atoms with Crippen LogP contribution in [0.4, 0.5) is 8.78 Å². The van der Waals surface area contributed by atoms with Crippen LogP contribution in [0.15, 0.2) is 72.8 Å². The van der Waals surface area contributed by atoms with E-state index in [1.807, 2.05) is 24.3 Å². The largest absolute Gasteiger partial charge is 0.204 e. The van der Waals surface area contributed by atoms with Gasteiger partial charge >= 0.3 is 0 Å². The fourth-order valence-corrected chi connectivity index (χ4v) is 2.83. The molecule has 0 fully saturated rings. The molecule has 0 heterocycles. The summed E-state index contributed by atoms with van der Waals surface area (Å²) < 4.78 is 26.1. The highest BCUT2D eigenvalue weighted by molar-refractivity contribution is 5.69. The Kier molecular flexibility index (Phi) is 5.39. The first kappa shape index (κ1) is 17.1. The summed E-state index contributed by atoms with van der Waals surface area (Å²) in [7, 11) is 0. The molecule has 0 nitrogen and oxygen atoms in total. The fraction of sp³-hybridized carbons (Fsp3) is 0.130. The molecular weight excluding hydrogens is 314 g/mol. The van der Waals surface area contributed by atoms with Gasteiger partial charge in [0.1, 0.15) is 0 Å². The van der Waals surface area contributed by atoms with E-state index in [-0.39, 0.29) is 0 Å². The minimum atomic E-state index is -0.826. The van der Waals surface area contributed by atoms with E-state index in [1.54, 1.807) is 12.1 Å². The molecular formula is C23H20F2. The summed E-state index contributed by atoms with van der Waals surface area (Å²) >= 11 is 0. The number of benzene rings is 3. The Morgan fingerprint density at radius 1 is 0.760 bits per heavy atom. The molecule has 0 saturated heterocycles. The van der Waals surface area contributed by atoms with Crippen LogP contribution in [0.5, 0.6) is 0 Å². The van der Waals surface area contributed by atoms with Crippen molar-refractivity contribution in [2.24, 2.45) is 0 Å². The lowest BCUT2D eigenvalue weighted by molar-refractivity contribution is 0.508. The van der Waals surface area contributed by atoms with Gasteiger partial charge in [-0.05, 0) is 46.7 Å². The molecule has 0 N–H and O–H groups in total. The van der Waals surface area contributed by atoms with Crippen molar-refractivity contribution < 1.29 is 8.78 Å². The van der Waals surface area contributed by atoms with Crippen LogP contribution in [-0.4, -0.2) is 0 Å². The molecule has 0 radical (unpaired) electrons. The Hall–Kier alpha value is -2.74. The van der Waals surface area contributed by atoms with Gasteiger partial charge in [-0.15, -0.1) is 0 Å². The molecule has 0 aromatic heterocycles. The van der Waals surface area contributed by atoms with Crippen LogP contribution in [0, 0.1) is 11.6 Å². The summed E-state index contributed by atoms with van der Waals surface area (Å²) in [4.78, 5) is 0. The van der Waals surface area contributed by atoms with Crippen LogP contribution in [0.1, 0.15) is 35.1 Å². The number of hydrogen-bond acceptors (Lipinski definition) is 0. The lowest BCUT2D eigenvalue weighted by atomic mass is 9.93. The van der Waals surface area contributed by atoms with Gasteiger partial charge in [0.15, 0.2) is 11.6 Å². The predicted molar refractivity (Wildman–Crippen MR) is 100 cm³/mol. The van der Waals surface area contributed by atoms with E-state index in [2.05, 4.69) is 43.3 Å². The van der Waals surface area contributed by atoms with E-state index in [4.69, 9.17) is 0 Å². The Labute approximate surface area is 147 Å². The predicted octanol–water partition coefficient (Wildman–Crippen LogP) is 6.48. The van der Waals surface area contributed by atoms with Crippen LogP contribution in [0.25, 0.3) is 12.2 Å². The molecule has 1 atom stereocenters. The third-order valence-corrected chi connectivity index (χ3v) is 4.30. The lowest BCUT2D eigenvalue weighted by Gasteiger charge is -2.12. The Morgan fingerprint density at radius 3 is 2.08 bits per heavy atom. The molecule has 0 aliphatic heterocycles. The molecule has 3 aromatic rings. The molecule has 0 amide bonds. The van der Waals surface area contributed by atoms with Gasteiger partial charge in [0.2, 0.25) is 0 Å². The molecule has 0 bridgehead atoms. The van der Waals surface area contributed by atoms with Crippen LogP contribution < -0.4 is 0 Å². The van der Waals surface area contributed by atoms with Gasteiger partial charge in [0.25, 0.3) is 0 Å². The molecule has 2 heteroatoms. The zero-order chi connectivity index (χ0) is 17.6. The van der Waals surface area contributed by atoms with Crippen molar-refractivity contribution in [3.8, 4) is 0 Å². The van der Waals surface area contributed by atoms with Crippen molar-refractivity contribution in [3.63, 3.8) is 0 Å². The minimum absolute atomic E-state index is 0.463. The number of halogens is 2. The number of hydrogen-bond donors (Lipinski definition) is 0. The van der Waals surface area contributed by atoms with Gasteiger partial charge in [-0.1, -0.05) is 79.7 Å². The maximum atomic E-state index is 13.2. The molecule has 25 heavy (non-hydrogen) atoms. The highest BCUT2D eigenvalue weighted by atomic mass is 19.2. The summed E-state index contributed by atoms with van der Waals surface area (Å²) in [6, 6.07) is 22.7. The first-order chi connectivity index (χ1) is 12.1. The zero-order valence-corrected chi connectivity index (χ0v) is 14.1. The average molecular weight is 334 g/mol. The first-order valence-corrected chi connectivity index (χ1v) is 8.39. The van der Waals surface area contributed by atoms with Crippen LogP contribution in [-0.2, 0) is 6.42 Å². The highest BCUT2D eigenvalue weighted by Gasteiger charge is 2.06. The first-order valence-electron chi connectivity index (χ1n) is 8.39. The van der Waals surface area contributed by atoms with Gasteiger partial charge in [0.05, 0.1) is 0 Å². The second-order valence-corrected chi connectivity index (χ2v) is 6.26. The smallest absolute Gasteiger partial charge is 0.159 e. The van der Waals surface area contributed by atoms with Crippen LogP contribution in [0.2, 0.25) is 0 Å². The Balaban J connectivity index is 1.65. The summed E-state index contributed by atoms with van der Waals surface area (Å²) in [6.45, 7) is 2.23. The molecule has 3 aromatic carbocycles. The molecule has 3 rings (SSSR count). The Morgan fingerprint density at radius 2 is 1.40 bits per heavy atom. The van der Waals surface area contributed by atoms with E-state index in [1.165, 1.54) is 17.2 Å². The third kappa shape index (κ3) is 4.63. The second-order valence-electron chi connectivity index (χ2n) is 6.26. The monoisotopic (exact) mass is 334 g/mol. The van der Waals surface area contributed by atoms with Crippen molar-refractivity contribution in [2.75, 3.05) is 0 Å². The quantitative estimate of drug-likeness (QED) is 0.468. The molecule has 126 valence electrons. The van der Waals surface area contributed by atoms with Crippen molar-refractivity contribution in [3.05, 3.63) is 107 Å².